The Labute approximate surface area is 155 Å². The number of carbonyl (C=O) groups is 1. The van der Waals surface area contributed by atoms with Gasteiger partial charge in [0.2, 0.25) is 0 Å². The van der Waals surface area contributed by atoms with Crippen molar-refractivity contribution in [2.24, 2.45) is 0 Å². The lowest BCUT2D eigenvalue weighted by Gasteiger charge is -2.13. The van der Waals surface area contributed by atoms with Crippen LogP contribution in [0.4, 0.5) is 0 Å². The molecule has 2 aromatic rings. The minimum absolute atomic E-state index is 0.0739. The summed E-state index contributed by atoms with van der Waals surface area (Å²) in [5.74, 6) is -1.37. The van der Waals surface area contributed by atoms with Crippen LogP contribution in [0.3, 0.4) is 0 Å². The second-order valence-corrected chi connectivity index (χ2v) is 9.32. The molecule has 0 aliphatic carbocycles. The van der Waals surface area contributed by atoms with E-state index in [0.29, 0.717) is 28.6 Å². The highest BCUT2D eigenvalue weighted by atomic mass is 35.5. The first-order valence-electron chi connectivity index (χ1n) is 7.67. The van der Waals surface area contributed by atoms with Gasteiger partial charge in [0, 0.05) is 28.6 Å². The molecule has 132 valence electrons. The molecule has 0 N–H and O–H groups in total. The van der Waals surface area contributed by atoms with Gasteiger partial charge in [-0.25, -0.2) is 8.42 Å². The van der Waals surface area contributed by atoms with E-state index in [2.05, 4.69) is 0 Å². The van der Waals surface area contributed by atoms with Gasteiger partial charge in [-0.1, -0.05) is 23.7 Å². The number of benzene rings is 1. The Hall–Kier alpha value is -1.67. The zero-order chi connectivity index (χ0) is 18.0. The molecule has 8 heteroatoms. The molecule has 1 fully saturated rings. The molecule has 1 aromatic heterocycles. The van der Waals surface area contributed by atoms with Gasteiger partial charge in [0.05, 0.1) is 5.97 Å². The normalized spacial score (nSPS) is 16.3. The molecule has 0 amide bonds. The molecule has 5 nitrogen and oxygen atoms in total. The number of carbonyl (C=O) groups excluding carboxylic acids is 1. The van der Waals surface area contributed by atoms with Crippen molar-refractivity contribution in [1.82, 2.24) is 4.31 Å². The van der Waals surface area contributed by atoms with Crippen molar-refractivity contribution < 1.29 is 18.3 Å². The van der Waals surface area contributed by atoms with E-state index in [0.717, 1.165) is 24.2 Å². The van der Waals surface area contributed by atoms with Crippen molar-refractivity contribution in [2.75, 3.05) is 13.1 Å². The Morgan fingerprint density at radius 2 is 1.92 bits per heavy atom. The van der Waals surface area contributed by atoms with E-state index < -0.39 is 16.0 Å². The first kappa shape index (κ1) is 18.1. The van der Waals surface area contributed by atoms with Crippen LogP contribution < -0.4 is 5.11 Å². The molecule has 1 saturated heterocycles. The van der Waals surface area contributed by atoms with Gasteiger partial charge in [-0.15, -0.1) is 11.3 Å². The molecular weight excluding hydrogens is 382 g/mol. The number of carboxylic acid groups (broad SMARTS) is 1. The van der Waals surface area contributed by atoms with Crippen LogP contribution >= 0.6 is 22.9 Å². The van der Waals surface area contributed by atoms with Crippen LogP contribution in [0.25, 0.3) is 11.6 Å². The maximum atomic E-state index is 12.6. The summed E-state index contributed by atoms with van der Waals surface area (Å²) in [6, 6.07) is 9.68. The monoisotopic (exact) mass is 396 g/mol. The molecule has 0 atom stereocenters. The third-order valence-corrected chi connectivity index (χ3v) is 7.61. The van der Waals surface area contributed by atoms with Gasteiger partial charge in [-0.2, -0.15) is 4.31 Å². The summed E-state index contributed by atoms with van der Waals surface area (Å²) in [6.45, 7) is 1.00. The van der Waals surface area contributed by atoms with Crippen LogP contribution in [0.2, 0.25) is 5.02 Å². The number of thiophene rings is 1. The summed E-state index contributed by atoms with van der Waals surface area (Å²) >= 11 is 6.85. The Balaban J connectivity index is 1.97. The van der Waals surface area contributed by atoms with Crippen LogP contribution in [-0.4, -0.2) is 31.8 Å². The Bertz CT molecular complexity index is 928. The molecule has 1 aliphatic heterocycles. The number of rotatable bonds is 5. The van der Waals surface area contributed by atoms with E-state index >= 15 is 0 Å². The summed E-state index contributed by atoms with van der Waals surface area (Å²) in [5, 5.41) is 12.0. The van der Waals surface area contributed by atoms with E-state index in [1.54, 1.807) is 24.3 Å². The van der Waals surface area contributed by atoms with E-state index in [1.807, 2.05) is 0 Å². The number of aliphatic carboxylic acids is 1. The molecule has 1 aliphatic rings. The summed E-state index contributed by atoms with van der Waals surface area (Å²) in [7, 11) is -3.57. The van der Waals surface area contributed by atoms with Gasteiger partial charge in [0.1, 0.15) is 4.21 Å². The van der Waals surface area contributed by atoms with E-state index in [4.69, 9.17) is 11.6 Å². The third kappa shape index (κ3) is 3.95. The summed E-state index contributed by atoms with van der Waals surface area (Å²) in [4.78, 5) is 11.9. The fourth-order valence-corrected chi connectivity index (χ4v) is 5.83. The van der Waals surface area contributed by atoms with Crippen molar-refractivity contribution in [2.45, 2.75) is 17.1 Å². The molecule has 0 radical (unpaired) electrons. The van der Waals surface area contributed by atoms with Crippen LogP contribution in [-0.2, 0) is 14.8 Å². The van der Waals surface area contributed by atoms with Gasteiger partial charge >= 0.3 is 0 Å². The summed E-state index contributed by atoms with van der Waals surface area (Å²) in [5.41, 5.74) is 0.527. The highest BCUT2D eigenvalue weighted by Gasteiger charge is 2.28. The molecule has 0 bridgehead atoms. The first-order chi connectivity index (χ1) is 11.9. The number of hydrogen-bond donors (Lipinski definition) is 0. The number of halogens is 1. The molecule has 25 heavy (non-hydrogen) atoms. The van der Waals surface area contributed by atoms with Gasteiger partial charge in [-0.3, -0.25) is 0 Å². The summed E-state index contributed by atoms with van der Waals surface area (Å²) in [6.07, 6.45) is 3.12. The quantitative estimate of drug-likeness (QED) is 0.727. The fourth-order valence-electron chi connectivity index (χ4n) is 2.65. The van der Waals surface area contributed by atoms with Crippen molar-refractivity contribution in [3.63, 3.8) is 0 Å². The van der Waals surface area contributed by atoms with Crippen molar-refractivity contribution in [3.8, 4) is 0 Å². The SMILES string of the molecule is O=C([O-])/C(=C\c1cccc(Cl)c1)c1ccc(S(=O)(=O)N2CCCC2)s1. The zero-order valence-electron chi connectivity index (χ0n) is 13.1. The van der Waals surface area contributed by atoms with Crippen LogP contribution in [0, 0.1) is 0 Å². The second-order valence-electron chi connectivity index (χ2n) is 5.63. The lowest BCUT2D eigenvalue weighted by molar-refractivity contribution is -0.295. The molecule has 2 heterocycles. The van der Waals surface area contributed by atoms with Gasteiger partial charge in [-0.05, 0) is 48.7 Å². The molecule has 0 saturated carbocycles. The topological polar surface area (TPSA) is 77.5 Å². The van der Waals surface area contributed by atoms with Crippen LogP contribution in [0.15, 0.2) is 40.6 Å². The second kappa shape index (κ2) is 7.29. The maximum absolute atomic E-state index is 12.6. The number of carboxylic acids is 1. The van der Waals surface area contributed by atoms with E-state index in [9.17, 15) is 18.3 Å². The van der Waals surface area contributed by atoms with E-state index in [1.165, 1.54) is 22.5 Å². The highest BCUT2D eigenvalue weighted by Crippen LogP contribution is 2.32. The number of sulfonamides is 1. The van der Waals surface area contributed by atoms with Crippen molar-refractivity contribution in [3.05, 3.63) is 51.9 Å². The minimum Gasteiger partial charge on any atom is -0.545 e. The lowest BCUT2D eigenvalue weighted by atomic mass is 10.1. The number of nitrogens with zero attached hydrogens (tertiary/aromatic N) is 1. The van der Waals surface area contributed by atoms with Crippen molar-refractivity contribution in [1.29, 1.82) is 0 Å². The summed E-state index contributed by atoms with van der Waals surface area (Å²) < 4.78 is 26.7. The first-order valence-corrected chi connectivity index (χ1v) is 10.3. The number of hydrogen-bond acceptors (Lipinski definition) is 5. The van der Waals surface area contributed by atoms with Crippen LogP contribution in [0.5, 0.6) is 0 Å². The Morgan fingerprint density at radius 3 is 2.56 bits per heavy atom. The zero-order valence-corrected chi connectivity index (χ0v) is 15.5. The molecule has 0 unspecified atom stereocenters. The van der Waals surface area contributed by atoms with Gasteiger partial charge in [0.15, 0.2) is 0 Å². The van der Waals surface area contributed by atoms with E-state index in [-0.39, 0.29) is 9.78 Å². The Morgan fingerprint density at radius 1 is 1.20 bits per heavy atom. The van der Waals surface area contributed by atoms with Gasteiger partial charge < -0.3 is 9.90 Å². The predicted octanol–water partition coefficient (Wildman–Crippen LogP) is 2.48. The molecular formula is C17H15ClNO4S2-. The average Bonchev–Trinajstić information content (AvgIpc) is 3.24. The third-order valence-electron chi connectivity index (χ3n) is 3.89. The fraction of sp³-hybridized carbons (Fsp3) is 0.235. The predicted molar refractivity (Wildman–Crippen MR) is 96.6 cm³/mol. The van der Waals surface area contributed by atoms with Crippen LogP contribution in [0.1, 0.15) is 23.3 Å². The average molecular weight is 397 g/mol. The maximum Gasteiger partial charge on any atom is 0.252 e. The molecule has 0 spiro atoms. The molecule has 3 rings (SSSR count). The van der Waals surface area contributed by atoms with Crippen molar-refractivity contribution >= 4 is 50.6 Å². The standard InChI is InChI=1S/C17H16ClNO4S2/c18-13-5-3-4-12(10-13)11-14(17(20)21)15-6-7-16(24-15)25(22,23)19-8-1-2-9-19/h3-7,10-11H,1-2,8-9H2,(H,20,21)/p-1/b14-11-. The minimum atomic E-state index is -3.57. The highest BCUT2D eigenvalue weighted by molar-refractivity contribution is 7.91. The largest absolute Gasteiger partial charge is 0.545 e. The Kier molecular flexibility index (Phi) is 5.29. The molecule has 1 aromatic carbocycles. The smallest absolute Gasteiger partial charge is 0.252 e. The van der Waals surface area contributed by atoms with Gasteiger partial charge in [0.25, 0.3) is 10.0 Å². The lowest BCUT2D eigenvalue weighted by Crippen LogP contribution is -2.27.